The van der Waals surface area contributed by atoms with Gasteiger partial charge in [-0.1, -0.05) is 56.3 Å². The topological polar surface area (TPSA) is 43.8 Å². The zero-order valence-corrected chi connectivity index (χ0v) is 17.6. The summed E-state index contributed by atoms with van der Waals surface area (Å²) in [7, 11) is 0. The van der Waals surface area contributed by atoms with E-state index >= 15 is 0 Å². The maximum atomic E-state index is 11.4. The van der Waals surface area contributed by atoms with Crippen molar-refractivity contribution in [2.45, 2.75) is 44.7 Å². The summed E-state index contributed by atoms with van der Waals surface area (Å²) in [6.45, 7) is 10.2. The lowest BCUT2D eigenvalue weighted by molar-refractivity contribution is 0.0693. The van der Waals surface area contributed by atoms with Crippen LogP contribution in [0.3, 0.4) is 0 Å². The maximum absolute atomic E-state index is 11.4. The van der Waals surface area contributed by atoms with E-state index < -0.39 is 5.97 Å². The number of benzene rings is 2. The minimum Gasteiger partial charge on any atom is -0.478 e. The fourth-order valence-electron chi connectivity index (χ4n) is 5.13. The predicted molar refractivity (Wildman–Crippen MR) is 116 cm³/mol. The van der Waals surface area contributed by atoms with Crippen LogP contribution >= 0.6 is 0 Å². The van der Waals surface area contributed by atoms with E-state index in [0.717, 1.165) is 32.6 Å². The molecule has 154 valence electrons. The molecule has 4 rings (SSSR count). The van der Waals surface area contributed by atoms with Gasteiger partial charge in [0.15, 0.2) is 0 Å². The van der Waals surface area contributed by atoms with Crippen molar-refractivity contribution >= 4 is 5.97 Å². The van der Waals surface area contributed by atoms with Gasteiger partial charge in [0.1, 0.15) is 0 Å². The van der Waals surface area contributed by atoms with Gasteiger partial charge in [-0.3, -0.25) is 9.80 Å². The summed E-state index contributed by atoms with van der Waals surface area (Å²) in [5.41, 5.74) is 2.99. The van der Waals surface area contributed by atoms with Crippen molar-refractivity contribution in [1.29, 1.82) is 0 Å². The van der Waals surface area contributed by atoms with Gasteiger partial charge in [0.2, 0.25) is 0 Å². The van der Waals surface area contributed by atoms with Crippen LogP contribution in [0.25, 0.3) is 0 Å². The van der Waals surface area contributed by atoms with Crippen molar-refractivity contribution in [2.75, 3.05) is 26.2 Å². The summed E-state index contributed by atoms with van der Waals surface area (Å²) >= 11 is 0. The summed E-state index contributed by atoms with van der Waals surface area (Å²) < 4.78 is 0. The third-order valence-corrected chi connectivity index (χ3v) is 7.30. The van der Waals surface area contributed by atoms with E-state index in [1.807, 2.05) is 12.1 Å². The standard InChI is InChI=1S/C25H32N2O2/c1-19-16-27(23-11-13-26(18-23)17-20-7-4-3-5-8-20)14-12-25(19,2)22-10-6-9-21(15-22)24(28)29/h3-10,15,19,23H,11-14,16-18H2,1-2H3,(H,28,29). The van der Waals surface area contributed by atoms with Crippen molar-refractivity contribution < 1.29 is 9.90 Å². The predicted octanol–water partition coefficient (Wildman–Crippen LogP) is 4.26. The molecule has 3 atom stereocenters. The van der Waals surface area contributed by atoms with Gasteiger partial charge in [-0.15, -0.1) is 0 Å². The Labute approximate surface area is 174 Å². The van der Waals surface area contributed by atoms with E-state index in [4.69, 9.17) is 0 Å². The highest BCUT2D eigenvalue weighted by atomic mass is 16.4. The van der Waals surface area contributed by atoms with Gasteiger partial charge in [0.05, 0.1) is 5.56 Å². The molecule has 0 aromatic heterocycles. The van der Waals surface area contributed by atoms with Crippen molar-refractivity contribution in [1.82, 2.24) is 9.80 Å². The molecule has 0 amide bonds. The first-order valence-corrected chi connectivity index (χ1v) is 10.8. The number of hydrogen-bond donors (Lipinski definition) is 1. The quantitative estimate of drug-likeness (QED) is 0.826. The molecule has 0 aliphatic carbocycles. The second-order valence-corrected chi connectivity index (χ2v) is 9.11. The van der Waals surface area contributed by atoms with Gasteiger partial charge in [-0.25, -0.2) is 4.79 Å². The maximum Gasteiger partial charge on any atom is 0.335 e. The lowest BCUT2D eigenvalue weighted by atomic mass is 9.67. The highest BCUT2D eigenvalue weighted by Crippen LogP contribution is 2.40. The normalized spacial score (nSPS) is 28.5. The summed E-state index contributed by atoms with van der Waals surface area (Å²) in [4.78, 5) is 16.7. The smallest absolute Gasteiger partial charge is 0.335 e. The molecule has 2 heterocycles. The Morgan fingerprint density at radius 3 is 2.62 bits per heavy atom. The zero-order valence-electron chi connectivity index (χ0n) is 17.6. The van der Waals surface area contributed by atoms with Gasteiger partial charge in [0, 0.05) is 32.2 Å². The average molecular weight is 393 g/mol. The lowest BCUT2D eigenvalue weighted by Crippen LogP contribution is -2.51. The molecule has 0 saturated carbocycles. The Hall–Kier alpha value is -2.17. The van der Waals surface area contributed by atoms with E-state index in [1.165, 1.54) is 24.1 Å². The molecule has 4 heteroatoms. The molecule has 2 saturated heterocycles. The van der Waals surface area contributed by atoms with Gasteiger partial charge < -0.3 is 5.11 Å². The molecule has 2 aliphatic rings. The first kappa shape index (κ1) is 20.1. The SMILES string of the molecule is CC1CN(C2CCN(Cc3ccccc3)C2)CCC1(C)c1cccc(C(=O)O)c1. The molecule has 29 heavy (non-hydrogen) atoms. The Balaban J connectivity index is 1.39. The molecular weight excluding hydrogens is 360 g/mol. The van der Waals surface area contributed by atoms with Crippen LogP contribution in [0, 0.1) is 5.92 Å². The van der Waals surface area contributed by atoms with Crippen molar-refractivity contribution in [3.8, 4) is 0 Å². The second kappa shape index (κ2) is 8.29. The van der Waals surface area contributed by atoms with Gasteiger partial charge in [-0.2, -0.15) is 0 Å². The fourth-order valence-corrected chi connectivity index (χ4v) is 5.13. The largest absolute Gasteiger partial charge is 0.478 e. The number of piperidine rings is 1. The summed E-state index contributed by atoms with van der Waals surface area (Å²) in [5.74, 6) is -0.353. The number of aromatic carboxylic acids is 1. The lowest BCUT2D eigenvalue weighted by Gasteiger charge is -2.47. The Kier molecular flexibility index (Phi) is 5.75. The van der Waals surface area contributed by atoms with Crippen LogP contribution in [0.15, 0.2) is 54.6 Å². The van der Waals surface area contributed by atoms with Crippen LogP contribution < -0.4 is 0 Å². The zero-order chi connectivity index (χ0) is 20.4. The molecule has 0 radical (unpaired) electrons. The molecule has 0 bridgehead atoms. The minimum absolute atomic E-state index is 0.0320. The molecular formula is C25H32N2O2. The van der Waals surface area contributed by atoms with Crippen LogP contribution in [0.4, 0.5) is 0 Å². The van der Waals surface area contributed by atoms with E-state index in [0.29, 0.717) is 17.5 Å². The third-order valence-electron chi connectivity index (χ3n) is 7.30. The molecule has 3 unspecified atom stereocenters. The minimum atomic E-state index is -0.843. The van der Waals surface area contributed by atoms with Crippen LogP contribution in [-0.4, -0.2) is 53.1 Å². The van der Waals surface area contributed by atoms with Gasteiger partial charge >= 0.3 is 5.97 Å². The Morgan fingerprint density at radius 1 is 1.10 bits per heavy atom. The molecule has 1 N–H and O–H groups in total. The highest BCUT2D eigenvalue weighted by molar-refractivity contribution is 5.87. The van der Waals surface area contributed by atoms with Crippen LogP contribution in [0.1, 0.15) is 48.2 Å². The molecule has 2 aromatic rings. The molecule has 4 nitrogen and oxygen atoms in total. The molecule has 0 spiro atoms. The summed E-state index contributed by atoms with van der Waals surface area (Å²) in [6.07, 6.45) is 2.32. The Bertz CT molecular complexity index is 853. The number of carboxylic acid groups (broad SMARTS) is 1. The summed E-state index contributed by atoms with van der Waals surface area (Å²) in [6, 6.07) is 19.0. The number of nitrogens with zero attached hydrogens (tertiary/aromatic N) is 2. The van der Waals surface area contributed by atoms with Gasteiger partial charge in [0.25, 0.3) is 0 Å². The fraction of sp³-hybridized carbons (Fsp3) is 0.480. The van der Waals surface area contributed by atoms with E-state index in [1.54, 1.807) is 6.07 Å². The number of hydrogen-bond acceptors (Lipinski definition) is 3. The first-order valence-electron chi connectivity index (χ1n) is 10.8. The average Bonchev–Trinajstić information content (AvgIpc) is 3.19. The van der Waals surface area contributed by atoms with Crippen molar-refractivity contribution in [3.05, 3.63) is 71.3 Å². The Morgan fingerprint density at radius 2 is 1.90 bits per heavy atom. The third kappa shape index (κ3) is 4.24. The highest BCUT2D eigenvalue weighted by Gasteiger charge is 2.41. The van der Waals surface area contributed by atoms with Crippen LogP contribution in [0.5, 0.6) is 0 Å². The van der Waals surface area contributed by atoms with E-state index in [-0.39, 0.29) is 5.41 Å². The van der Waals surface area contributed by atoms with Crippen molar-refractivity contribution in [3.63, 3.8) is 0 Å². The monoisotopic (exact) mass is 392 g/mol. The number of rotatable bonds is 5. The van der Waals surface area contributed by atoms with Crippen LogP contribution in [0.2, 0.25) is 0 Å². The van der Waals surface area contributed by atoms with E-state index in [2.05, 4.69) is 60.0 Å². The van der Waals surface area contributed by atoms with Crippen LogP contribution in [-0.2, 0) is 12.0 Å². The number of likely N-dealkylation sites (tertiary alicyclic amines) is 2. The molecule has 2 aromatic carbocycles. The number of carbonyl (C=O) groups is 1. The number of carboxylic acids is 1. The molecule has 2 fully saturated rings. The van der Waals surface area contributed by atoms with E-state index in [9.17, 15) is 9.90 Å². The van der Waals surface area contributed by atoms with Gasteiger partial charge in [-0.05, 0) is 54.0 Å². The first-order chi connectivity index (χ1) is 14.0. The second-order valence-electron chi connectivity index (χ2n) is 9.11. The van der Waals surface area contributed by atoms with Crippen molar-refractivity contribution in [2.24, 2.45) is 5.92 Å². The summed E-state index contributed by atoms with van der Waals surface area (Å²) in [5, 5.41) is 9.36. The molecule has 2 aliphatic heterocycles.